The maximum atomic E-state index is 13.7. The lowest BCUT2D eigenvalue weighted by atomic mass is 9.92. The molecular weight excluding hydrogens is 555 g/mol. The number of anilines is 1. The van der Waals surface area contributed by atoms with Gasteiger partial charge in [0.05, 0.1) is 17.4 Å². The van der Waals surface area contributed by atoms with Crippen LogP contribution in [0.1, 0.15) is 46.4 Å². The number of fused-ring (bicyclic) bond motifs is 1. The number of nitrogens with zero attached hydrogens (tertiary/aromatic N) is 1. The van der Waals surface area contributed by atoms with Crippen molar-refractivity contribution in [1.82, 2.24) is 4.31 Å². The van der Waals surface area contributed by atoms with Crippen LogP contribution in [0.15, 0.2) is 102 Å². The number of halogens is 1. The van der Waals surface area contributed by atoms with E-state index in [-0.39, 0.29) is 17.9 Å². The van der Waals surface area contributed by atoms with Crippen LogP contribution in [-0.2, 0) is 30.8 Å². The van der Waals surface area contributed by atoms with Gasteiger partial charge in [-0.25, -0.2) is 12.8 Å². The highest BCUT2D eigenvalue weighted by Crippen LogP contribution is 2.37. The van der Waals surface area contributed by atoms with Crippen molar-refractivity contribution >= 4 is 27.6 Å². The molecular formula is C33H31FN2O5S. The Morgan fingerprint density at radius 2 is 1.57 bits per heavy atom. The molecule has 0 saturated heterocycles. The second kappa shape index (κ2) is 12.3. The first-order valence-electron chi connectivity index (χ1n) is 13.6. The van der Waals surface area contributed by atoms with Crippen LogP contribution in [0.4, 0.5) is 10.1 Å². The predicted molar refractivity (Wildman–Crippen MR) is 158 cm³/mol. The minimum atomic E-state index is -4.08. The predicted octanol–water partition coefficient (Wildman–Crippen LogP) is 6.04. The molecule has 4 aromatic rings. The Morgan fingerprint density at radius 3 is 2.26 bits per heavy atom. The normalized spacial score (nSPS) is 15.8. The highest BCUT2D eigenvalue weighted by molar-refractivity contribution is 7.89. The van der Waals surface area contributed by atoms with Gasteiger partial charge >= 0.3 is 5.97 Å². The lowest BCUT2D eigenvalue weighted by Gasteiger charge is -2.36. The number of ether oxygens (including phenoxy) is 1. The molecule has 9 heteroatoms. The van der Waals surface area contributed by atoms with Crippen LogP contribution in [0.25, 0.3) is 0 Å². The monoisotopic (exact) mass is 586 g/mol. The Hall–Kier alpha value is -4.34. The molecule has 5 rings (SSSR count). The van der Waals surface area contributed by atoms with Crippen molar-refractivity contribution in [1.29, 1.82) is 0 Å². The van der Waals surface area contributed by atoms with Crippen molar-refractivity contribution in [3.8, 4) is 0 Å². The number of rotatable bonds is 8. The minimum Gasteiger partial charge on any atom is -0.447 e. The Balaban J connectivity index is 1.44. The van der Waals surface area contributed by atoms with Gasteiger partial charge < -0.3 is 10.1 Å². The van der Waals surface area contributed by atoms with Crippen LogP contribution in [0.2, 0.25) is 0 Å². The fourth-order valence-electron chi connectivity index (χ4n) is 5.36. The molecule has 0 bridgehead atoms. The van der Waals surface area contributed by atoms with Gasteiger partial charge in [-0.1, -0.05) is 60.7 Å². The topological polar surface area (TPSA) is 92.8 Å². The van der Waals surface area contributed by atoms with Crippen molar-refractivity contribution in [2.45, 2.75) is 43.7 Å². The third kappa shape index (κ3) is 6.42. The molecule has 1 aliphatic heterocycles. The van der Waals surface area contributed by atoms with Crippen molar-refractivity contribution in [3.05, 3.63) is 131 Å². The average Bonchev–Trinajstić information content (AvgIpc) is 2.96. The number of carbonyl (C=O) groups is 2. The van der Waals surface area contributed by atoms with Crippen LogP contribution in [0, 0.1) is 19.7 Å². The summed E-state index contributed by atoms with van der Waals surface area (Å²) in [5, 5.41) is 2.85. The van der Waals surface area contributed by atoms with Crippen LogP contribution in [0.5, 0.6) is 0 Å². The molecule has 2 atom stereocenters. The van der Waals surface area contributed by atoms with Gasteiger partial charge in [0.25, 0.3) is 5.91 Å². The number of benzene rings is 4. The standard InChI is InChI=1S/C33H31FN2O5S/c1-22-18-23(2)20-27(19-22)35-33(38)32(25-9-4-3-5-10-25)41-31(37)21-30-29-11-7-6-8-24(29)16-17-36(30)42(39,40)28-14-12-26(34)13-15-28/h3-15,18-20,30,32H,16-17,21H2,1-2H3,(H,35,38)/t30-,32+/m0/s1. The molecule has 42 heavy (non-hydrogen) atoms. The summed E-state index contributed by atoms with van der Waals surface area (Å²) in [4.78, 5) is 27.0. The number of hydrogen-bond donors (Lipinski definition) is 1. The summed E-state index contributed by atoms with van der Waals surface area (Å²) in [6, 6.07) is 25.4. The first kappa shape index (κ1) is 29.2. The summed E-state index contributed by atoms with van der Waals surface area (Å²) >= 11 is 0. The van der Waals surface area contributed by atoms with Gasteiger partial charge in [0.2, 0.25) is 16.1 Å². The highest BCUT2D eigenvalue weighted by atomic mass is 32.2. The van der Waals surface area contributed by atoms with Gasteiger partial charge in [0.15, 0.2) is 0 Å². The van der Waals surface area contributed by atoms with E-state index in [1.54, 1.807) is 42.5 Å². The van der Waals surface area contributed by atoms with E-state index in [1.807, 2.05) is 44.2 Å². The minimum absolute atomic E-state index is 0.0726. The first-order valence-corrected chi connectivity index (χ1v) is 15.0. The van der Waals surface area contributed by atoms with E-state index in [1.165, 1.54) is 16.4 Å². The second-order valence-corrected chi connectivity index (χ2v) is 12.3. The maximum absolute atomic E-state index is 13.7. The number of hydrogen-bond acceptors (Lipinski definition) is 5. The highest BCUT2D eigenvalue weighted by Gasteiger charge is 2.38. The smallest absolute Gasteiger partial charge is 0.308 e. The summed E-state index contributed by atoms with van der Waals surface area (Å²) in [6.45, 7) is 3.97. The van der Waals surface area contributed by atoms with Crippen LogP contribution >= 0.6 is 0 Å². The molecule has 4 aromatic carbocycles. The Bertz CT molecular complexity index is 1690. The van der Waals surface area contributed by atoms with Gasteiger partial charge in [0.1, 0.15) is 5.82 Å². The summed E-state index contributed by atoms with van der Waals surface area (Å²) in [5.74, 6) is -1.82. The molecule has 216 valence electrons. The molecule has 0 saturated carbocycles. The molecule has 0 unspecified atom stereocenters. The molecule has 7 nitrogen and oxygen atoms in total. The zero-order valence-corrected chi connectivity index (χ0v) is 24.1. The van der Waals surface area contributed by atoms with Gasteiger partial charge in [0, 0.05) is 17.8 Å². The van der Waals surface area contributed by atoms with Crippen molar-refractivity contribution < 1.29 is 27.1 Å². The van der Waals surface area contributed by atoms with Gasteiger partial charge in [-0.15, -0.1) is 0 Å². The zero-order chi connectivity index (χ0) is 29.9. The second-order valence-electron chi connectivity index (χ2n) is 10.4. The summed E-state index contributed by atoms with van der Waals surface area (Å²) in [7, 11) is -4.08. The summed E-state index contributed by atoms with van der Waals surface area (Å²) in [6.07, 6.45) is -1.13. The number of sulfonamides is 1. The van der Waals surface area contributed by atoms with Crippen LogP contribution in [-0.4, -0.2) is 31.1 Å². The lowest BCUT2D eigenvalue weighted by Crippen LogP contribution is -2.41. The summed E-state index contributed by atoms with van der Waals surface area (Å²) < 4.78 is 48.0. The Kier molecular flexibility index (Phi) is 8.51. The number of carbonyl (C=O) groups excluding carboxylic acids is 2. The van der Waals surface area contributed by atoms with E-state index < -0.39 is 39.9 Å². The molecule has 0 spiro atoms. The average molecular weight is 587 g/mol. The van der Waals surface area contributed by atoms with E-state index in [4.69, 9.17) is 4.74 Å². The molecule has 1 aliphatic rings. The van der Waals surface area contributed by atoms with Gasteiger partial charge in [-0.3, -0.25) is 9.59 Å². The van der Waals surface area contributed by atoms with E-state index in [2.05, 4.69) is 5.32 Å². The number of amides is 1. The zero-order valence-electron chi connectivity index (χ0n) is 23.3. The molecule has 1 N–H and O–H groups in total. The quantitative estimate of drug-likeness (QED) is 0.254. The maximum Gasteiger partial charge on any atom is 0.308 e. The molecule has 1 amide bonds. The third-order valence-corrected chi connectivity index (χ3v) is 9.14. The lowest BCUT2D eigenvalue weighted by molar-refractivity contribution is -0.155. The van der Waals surface area contributed by atoms with Crippen molar-refractivity contribution in [2.24, 2.45) is 0 Å². The van der Waals surface area contributed by atoms with Gasteiger partial charge in [-0.2, -0.15) is 4.31 Å². The largest absolute Gasteiger partial charge is 0.447 e. The SMILES string of the molecule is Cc1cc(C)cc(NC(=O)[C@H](OC(=O)C[C@H]2c3ccccc3CCN2S(=O)(=O)c2ccc(F)cc2)c2ccccc2)c1. The molecule has 0 aromatic heterocycles. The molecule has 1 heterocycles. The van der Waals surface area contributed by atoms with Crippen molar-refractivity contribution in [3.63, 3.8) is 0 Å². The van der Waals surface area contributed by atoms with Crippen LogP contribution in [0.3, 0.4) is 0 Å². The number of esters is 1. The fraction of sp³-hybridized carbons (Fsp3) is 0.212. The first-order chi connectivity index (χ1) is 20.1. The number of aryl methyl sites for hydroxylation is 2. The van der Waals surface area contributed by atoms with Gasteiger partial charge in [-0.05, 0) is 78.9 Å². The van der Waals surface area contributed by atoms with E-state index >= 15 is 0 Å². The van der Waals surface area contributed by atoms with E-state index in [9.17, 15) is 22.4 Å². The number of nitrogens with one attached hydrogen (secondary N) is 1. The Morgan fingerprint density at radius 1 is 0.929 bits per heavy atom. The molecule has 0 fully saturated rings. The van der Waals surface area contributed by atoms with Crippen LogP contribution < -0.4 is 5.32 Å². The third-order valence-electron chi connectivity index (χ3n) is 7.22. The van der Waals surface area contributed by atoms with Crippen molar-refractivity contribution in [2.75, 3.05) is 11.9 Å². The van der Waals surface area contributed by atoms with E-state index in [0.29, 0.717) is 23.2 Å². The van der Waals surface area contributed by atoms with E-state index in [0.717, 1.165) is 28.8 Å². The molecule has 0 aliphatic carbocycles. The molecule has 0 radical (unpaired) electrons. The fourth-order valence-corrected chi connectivity index (χ4v) is 6.97. The summed E-state index contributed by atoms with van der Waals surface area (Å²) in [5.41, 5.74) is 4.60. The Labute approximate surface area is 245 Å².